The first kappa shape index (κ1) is 39.2. The summed E-state index contributed by atoms with van der Waals surface area (Å²) < 4.78 is 44.6. The van der Waals surface area contributed by atoms with Crippen molar-refractivity contribution in [1.82, 2.24) is 5.32 Å². The first-order valence-corrected chi connectivity index (χ1v) is 19.6. The molecule has 1 saturated heterocycles. The van der Waals surface area contributed by atoms with Crippen molar-refractivity contribution in [3.05, 3.63) is 46.9 Å². The lowest BCUT2D eigenvalue weighted by Gasteiger charge is -2.11. The normalized spacial score (nSPS) is 16.2. The van der Waals surface area contributed by atoms with Crippen LogP contribution in [0.15, 0.2) is 46.2 Å². The van der Waals surface area contributed by atoms with E-state index in [0.717, 1.165) is 44.4 Å². The molecular formula is C35H58N2O6S2. The zero-order valence-corrected chi connectivity index (χ0v) is 29.4. The van der Waals surface area contributed by atoms with Crippen LogP contribution in [0.5, 0.6) is 0 Å². The van der Waals surface area contributed by atoms with E-state index < -0.39 is 10.1 Å². The maximum Gasteiger partial charge on any atom is 0.407 e. The maximum absolute atomic E-state index is 11.9. The van der Waals surface area contributed by atoms with E-state index in [1.807, 2.05) is 6.92 Å². The fourth-order valence-electron chi connectivity index (χ4n) is 5.47. The van der Waals surface area contributed by atoms with E-state index in [1.165, 1.54) is 95.6 Å². The Balaban J connectivity index is 0.000000537. The van der Waals surface area contributed by atoms with Crippen LogP contribution < -0.4 is 9.88 Å². The molecule has 1 aromatic carbocycles. The summed E-state index contributed by atoms with van der Waals surface area (Å²) in [6, 6.07) is 5.78. The van der Waals surface area contributed by atoms with Gasteiger partial charge in [-0.2, -0.15) is 4.57 Å². The minimum Gasteiger partial charge on any atom is -0.744 e. The topological polar surface area (TPSA) is 109 Å². The Morgan fingerprint density at radius 3 is 2.18 bits per heavy atom. The SMILES string of the molecule is CCCCCCCCCCCCCC[C@H]1CO[C@H](COC(=O)NCCCCC[n+]2ccsc2)C1.Cc1ccc(S(=O)(=O)[O-])cc1. The smallest absolute Gasteiger partial charge is 0.407 e. The van der Waals surface area contributed by atoms with Gasteiger partial charge in [-0.1, -0.05) is 113 Å². The fourth-order valence-corrected chi connectivity index (χ4v) is 6.57. The van der Waals surface area contributed by atoms with Gasteiger partial charge in [0.2, 0.25) is 5.51 Å². The predicted molar refractivity (Wildman–Crippen MR) is 180 cm³/mol. The van der Waals surface area contributed by atoms with Gasteiger partial charge in [0.05, 0.1) is 23.0 Å². The number of thiazole rings is 1. The average molecular weight is 667 g/mol. The van der Waals surface area contributed by atoms with Gasteiger partial charge in [0, 0.05) is 13.0 Å². The van der Waals surface area contributed by atoms with Gasteiger partial charge in [-0.3, -0.25) is 0 Å². The number of ether oxygens (including phenoxy) is 2. The fraction of sp³-hybridized carbons (Fsp3) is 0.714. The highest BCUT2D eigenvalue weighted by atomic mass is 32.2. The Bertz CT molecular complexity index is 1110. The molecule has 10 heteroatoms. The van der Waals surface area contributed by atoms with Gasteiger partial charge in [-0.25, -0.2) is 13.2 Å². The highest BCUT2D eigenvalue weighted by molar-refractivity contribution is 7.85. The second-order valence-corrected chi connectivity index (χ2v) is 14.5. The van der Waals surface area contributed by atoms with Crippen LogP contribution in [0, 0.1) is 12.8 Å². The second-order valence-electron chi connectivity index (χ2n) is 12.4. The summed E-state index contributed by atoms with van der Waals surface area (Å²) in [6.45, 7) is 7.05. The van der Waals surface area contributed by atoms with E-state index in [4.69, 9.17) is 9.47 Å². The first-order chi connectivity index (χ1) is 21.8. The van der Waals surface area contributed by atoms with Crippen LogP contribution in [0.4, 0.5) is 4.79 Å². The zero-order valence-electron chi connectivity index (χ0n) is 27.8. The van der Waals surface area contributed by atoms with Crippen LogP contribution >= 0.6 is 11.3 Å². The number of benzene rings is 1. The quantitative estimate of drug-likeness (QED) is 0.0769. The lowest BCUT2D eigenvalue weighted by Crippen LogP contribution is -2.30. The Labute approximate surface area is 277 Å². The zero-order chi connectivity index (χ0) is 32.6. The van der Waals surface area contributed by atoms with Crippen LogP contribution in [0.25, 0.3) is 0 Å². The Morgan fingerprint density at radius 1 is 0.956 bits per heavy atom. The molecule has 0 radical (unpaired) electrons. The third-order valence-electron chi connectivity index (χ3n) is 8.23. The molecule has 1 N–H and O–H groups in total. The minimum absolute atomic E-state index is 0.0794. The van der Waals surface area contributed by atoms with Crippen molar-refractivity contribution in [3.8, 4) is 0 Å². The molecule has 1 amide bonds. The van der Waals surface area contributed by atoms with E-state index in [1.54, 1.807) is 23.5 Å². The van der Waals surface area contributed by atoms with E-state index in [2.05, 4.69) is 33.9 Å². The second kappa shape index (κ2) is 24.2. The highest BCUT2D eigenvalue weighted by Crippen LogP contribution is 2.25. The Morgan fingerprint density at radius 2 is 1.58 bits per heavy atom. The van der Waals surface area contributed by atoms with Crippen LogP contribution in [0.2, 0.25) is 0 Å². The molecule has 45 heavy (non-hydrogen) atoms. The summed E-state index contributed by atoms with van der Waals surface area (Å²) in [4.78, 5) is 11.7. The molecule has 256 valence electrons. The van der Waals surface area contributed by atoms with Gasteiger partial charge < -0.3 is 19.3 Å². The van der Waals surface area contributed by atoms with Crippen LogP contribution in [0.1, 0.15) is 122 Å². The summed E-state index contributed by atoms with van der Waals surface area (Å²) in [6.07, 6.45) is 24.1. The summed E-state index contributed by atoms with van der Waals surface area (Å²) in [7, 11) is -4.27. The molecule has 0 unspecified atom stereocenters. The first-order valence-electron chi connectivity index (χ1n) is 17.2. The van der Waals surface area contributed by atoms with E-state index >= 15 is 0 Å². The number of amides is 1. The molecule has 3 rings (SSSR count). The molecule has 2 heterocycles. The van der Waals surface area contributed by atoms with Crippen molar-refractivity contribution >= 4 is 27.5 Å². The number of aromatic nitrogens is 1. The van der Waals surface area contributed by atoms with E-state index in [0.29, 0.717) is 19.1 Å². The molecule has 2 atom stereocenters. The molecule has 8 nitrogen and oxygen atoms in total. The third kappa shape index (κ3) is 20.0. The summed E-state index contributed by atoms with van der Waals surface area (Å²) in [5, 5.41) is 4.96. The number of nitrogens with zero attached hydrogens (tertiary/aromatic N) is 1. The van der Waals surface area contributed by atoms with Crippen LogP contribution in [0.3, 0.4) is 0 Å². The van der Waals surface area contributed by atoms with Crippen molar-refractivity contribution < 1.29 is 31.8 Å². The largest absolute Gasteiger partial charge is 0.744 e. The minimum atomic E-state index is -4.27. The van der Waals surface area contributed by atoms with Gasteiger partial charge >= 0.3 is 6.09 Å². The molecule has 0 bridgehead atoms. The number of unbranched alkanes of at least 4 members (excludes halogenated alkanes) is 13. The summed E-state index contributed by atoms with van der Waals surface area (Å²) >= 11 is 1.72. The molecule has 0 saturated carbocycles. The monoisotopic (exact) mass is 666 g/mol. The molecule has 1 aromatic heterocycles. The molecule has 2 aromatic rings. The highest BCUT2D eigenvalue weighted by Gasteiger charge is 2.26. The van der Waals surface area contributed by atoms with Crippen molar-refractivity contribution in [2.24, 2.45) is 5.92 Å². The van der Waals surface area contributed by atoms with Crippen LogP contribution in [-0.4, -0.2) is 44.9 Å². The standard InChI is InChI=1S/C28H50N2O3S.C7H8O3S/c1-2-3-4-5-6-7-8-9-10-11-12-14-17-26-22-27(32-23-26)24-33-28(31)29-18-15-13-16-19-30-20-21-34-25-30;1-6-2-4-7(5-3-6)11(8,9)10/h20-21,25-27H,2-19,22-24H2,1H3;2-5H,1H3,(H,8,9,10)/t26-,27+;/m1./s1. The predicted octanol–water partition coefficient (Wildman–Crippen LogP) is 8.33. The number of hydrogen-bond acceptors (Lipinski definition) is 7. The maximum atomic E-state index is 11.9. The van der Waals surface area contributed by atoms with Gasteiger partial charge in [0.25, 0.3) is 0 Å². The Hall–Kier alpha value is -2.01. The number of carbonyl (C=O) groups is 1. The number of aryl methyl sites for hydroxylation is 2. The van der Waals surface area contributed by atoms with Gasteiger partial charge in [-0.05, 0) is 50.7 Å². The molecule has 1 fully saturated rings. The number of rotatable bonds is 22. The number of hydrogen-bond donors (Lipinski definition) is 1. The lowest BCUT2D eigenvalue weighted by atomic mass is 9.97. The van der Waals surface area contributed by atoms with Crippen molar-refractivity contribution in [2.45, 2.75) is 141 Å². The molecule has 0 aliphatic carbocycles. The molecule has 1 aliphatic heterocycles. The summed E-state index contributed by atoms with van der Waals surface area (Å²) in [5.41, 5.74) is 3.06. The van der Waals surface area contributed by atoms with Gasteiger partial charge in [-0.15, -0.1) is 0 Å². The van der Waals surface area contributed by atoms with E-state index in [-0.39, 0.29) is 17.1 Å². The molecule has 1 aliphatic rings. The van der Waals surface area contributed by atoms with Gasteiger partial charge in [0.15, 0.2) is 6.20 Å². The number of nitrogens with one attached hydrogen (secondary N) is 1. The van der Waals surface area contributed by atoms with Crippen molar-refractivity contribution in [2.75, 3.05) is 19.8 Å². The van der Waals surface area contributed by atoms with E-state index in [9.17, 15) is 17.8 Å². The Kier molecular flexibility index (Phi) is 21.1. The number of carbonyl (C=O) groups excluding carboxylic acids is 1. The van der Waals surface area contributed by atoms with Crippen molar-refractivity contribution in [3.63, 3.8) is 0 Å². The molecule has 0 spiro atoms. The third-order valence-corrected chi connectivity index (χ3v) is 9.75. The average Bonchev–Trinajstić information content (AvgIpc) is 3.71. The number of alkyl carbamates (subject to hydrolysis) is 1. The van der Waals surface area contributed by atoms with Crippen LogP contribution in [-0.2, 0) is 26.1 Å². The van der Waals surface area contributed by atoms with Gasteiger partial charge in [0.1, 0.15) is 23.3 Å². The summed E-state index contributed by atoms with van der Waals surface area (Å²) in [5.74, 6) is 0.640. The lowest BCUT2D eigenvalue weighted by molar-refractivity contribution is -0.692. The molecular weight excluding hydrogens is 609 g/mol. The van der Waals surface area contributed by atoms with Crippen molar-refractivity contribution in [1.29, 1.82) is 0 Å².